The first-order chi connectivity index (χ1) is 11.0. The molecule has 0 spiro atoms. The van der Waals surface area contributed by atoms with E-state index < -0.39 is 11.7 Å². The Morgan fingerprint density at radius 1 is 0.870 bits per heavy atom. The lowest BCUT2D eigenvalue weighted by Gasteiger charge is -2.06. The summed E-state index contributed by atoms with van der Waals surface area (Å²) in [6.45, 7) is 0. The van der Waals surface area contributed by atoms with E-state index in [1.807, 2.05) is 42.6 Å². The van der Waals surface area contributed by atoms with Crippen LogP contribution in [0.3, 0.4) is 0 Å². The maximum atomic E-state index is 12.6. The van der Waals surface area contributed by atoms with Crippen LogP contribution in [0.4, 0.5) is 13.2 Å². The van der Waals surface area contributed by atoms with E-state index in [4.69, 9.17) is 0 Å². The molecular formula is C18H11F3N2. The number of alkyl halides is 3. The van der Waals surface area contributed by atoms with Gasteiger partial charge < -0.3 is 0 Å². The van der Waals surface area contributed by atoms with Crippen LogP contribution in [0.5, 0.6) is 0 Å². The highest BCUT2D eigenvalue weighted by atomic mass is 19.4. The Hall–Kier alpha value is -2.82. The molecule has 5 heteroatoms. The average Bonchev–Trinajstić information content (AvgIpc) is 2.99. The van der Waals surface area contributed by atoms with Gasteiger partial charge in [0.05, 0.1) is 16.8 Å². The molecule has 0 amide bonds. The van der Waals surface area contributed by atoms with E-state index >= 15 is 0 Å². The Morgan fingerprint density at radius 2 is 1.61 bits per heavy atom. The Bertz CT molecular complexity index is 998. The van der Waals surface area contributed by atoms with Crippen LogP contribution >= 0.6 is 0 Å². The minimum Gasteiger partial charge on any atom is -0.240 e. The van der Waals surface area contributed by atoms with Crippen molar-refractivity contribution in [3.63, 3.8) is 0 Å². The Morgan fingerprint density at radius 3 is 2.35 bits per heavy atom. The van der Waals surface area contributed by atoms with Crippen molar-refractivity contribution < 1.29 is 13.2 Å². The van der Waals surface area contributed by atoms with E-state index in [0.717, 1.165) is 28.4 Å². The van der Waals surface area contributed by atoms with Crippen LogP contribution in [-0.4, -0.2) is 9.61 Å². The molecule has 0 radical (unpaired) electrons. The molecule has 0 aliphatic rings. The fourth-order valence-corrected chi connectivity index (χ4v) is 2.71. The van der Waals surface area contributed by atoms with Crippen molar-refractivity contribution in [3.05, 3.63) is 72.4 Å². The summed E-state index contributed by atoms with van der Waals surface area (Å²) < 4.78 is 39.7. The van der Waals surface area contributed by atoms with Gasteiger partial charge in [0.15, 0.2) is 0 Å². The van der Waals surface area contributed by atoms with E-state index in [1.54, 1.807) is 4.52 Å². The maximum absolute atomic E-state index is 12.6. The first-order valence-corrected chi connectivity index (χ1v) is 7.07. The van der Waals surface area contributed by atoms with Crippen LogP contribution in [0.1, 0.15) is 5.56 Å². The molecule has 0 bridgehead atoms. The Labute approximate surface area is 129 Å². The van der Waals surface area contributed by atoms with Gasteiger partial charge in [-0.1, -0.05) is 36.4 Å². The molecule has 0 atom stereocenters. The van der Waals surface area contributed by atoms with Gasteiger partial charge in [-0.15, -0.1) is 0 Å². The summed E-state index contributed by atoms with van der Waals surface area (Å²) in [5, 5.41) is 6.61. The van der Waals surface area contributed by atoms with E-state index in [0.29, 0.717) is 11.3 Å². The van der Waals surface area contributed by atoms with E-state index in [-0.39, 0.29) is 0 Å². The maximum Gasteiger partial charge on any atom is 0.416 e. The Balaban J connectivity index is 1.84. The number of nitrogens with zero attached hydrogens (tertiary/aromatic N) is 2. The van der Waals surface area contributed by atoms with Crippen molar-refractivity contribution in [2.24, 2.45) is 0 Å². The lowest BCUT2D eigenvalue weighted by molar-refractivity contribution is -0.137. The molecule has 2 heterocycles. The zero-order valence-corrected chi connectivity index (χ0v) is 11.9. The number of fused-ring (bicyclic) bond motifs is 3. The molecule has 0 N–H and O–H groups in total. The van der Waals surface area contributed by atoms with Gasteiger partial charge in [0.1, 0.15) is 0 Å². The summed E-state index contributed by atoms with van der Waals surface area (Å²) in [6, 6.07) is 16.9. The monoisotopic (exact) mass is 312 g/mol. The first-order valence-electron chi connectivity index (χ1n) is 7.07. The fraction of sp³-hybridized carbons (Fsp3) is 0.0556. The topological polar surface area (TPSA) is 17.3 Å². The quantitative estimate of drug-likeness (QED) is 0.474. The van der Waals surface area contributed by atoms with Gasteiger partial charge in [-0.05, 0) is 29.7 Å². The van der Waals surface area contributed by atoms with Crippen molar-refractivity contribution >= 4 is 16.3 Å². The normalized spacial score (nSPS) is 12.1. The molecule has 2 aromatic carbocycles. The van der Waals surface area contributed by atoms with Gasteiger partial charge >= 0.3 is 6.18 Å². The Kier molecular flexibility index (Phi) is 2.91. The molecule has 0 saturated heterocycles. The standard InChI is InChI=1S/C18H11F3N2/c19-18(20,21)14-7-5-13(6-8-14)16-11-17-15-4-2-1-3-12(15)9-10-23(17)22-16/h1-11H. The van der Waals surface area contributed by atoms with Gasteiger partial charge in [0.25, 0.3) is 0 Å². The third-order valence-corrected chi connectivity index (χ3v) is 3.88. The van der Waals surface area contributed by atoms with Crippen LogP contribution in [0.2, 0.25) is 0 Å². The molecule has 0 saturated carbocycles. The molecule has 2 aromatic heterocycles. The van der Waals surface area contributed by atoms with Gasteiger partial charge in [0.2, 0.25) is 0 Å². The third-order valence-electron chi connectivity index (χ3n) is 3.88. The summed E-state index contributed by atoms with van der Waals surface area (Å²) in [5.41, 5.74) is 1.58. The molecule has 0 aliphatic carbocycles. The second-order valence-corrected chi connectivity index (χ2v) is 5.34. The highest BCUT2D eigenvalue weighted by molar-refractivity contribution is 5.96. The van der Waals surface area contributed by atoms with Crippen molar-refractivity contribution in [2.45, 2.75) is 6.18 Å². The molecule has 0 unspecified atom stereocenters. The number of hydrogen-bond donors (Lipinski definition) is 0. The van der Waals surface area contributed by atoms with Crippen LogP contribution in [-0.2, 0) is 6.18 Å². The molecule has 114 valence electrons. The zero-order chi connectivity index (χ0) is 16.0. The fourth-order valence-electron chi connectivity index (χ4n) is 2.71. The summed E-state index contributed by atoms with van der Waals surface area (Å²) in [6.07, 6.45) is -2.47. The van der Waals surface area contributed by atoms with Gasteiger partial charge in [-0.3, -0.25) is 0 Å². The smallest absolute Gasteiger partial charge is 0.240 e. The highest BCUT2D eigenvalue weighted by Gasteiger charge is 2.30. The second-order valence-electron chi connectivity index (χ2n) is 5.34. The summed E-state index contributed by atoms with van der Waals surface area (Å²) >= 11 is 0. The largest absolute Gasteiger partial charge is 0.416 e. The number of pyridine rings is 1. The van der Waals surface area contributed by atoms with Crippen LogP contribution in [0, 0.1) is 0 Å². The molecule has 23 heavy (non-hydrogen) atoms. The SMILES string of the molecule is FC(F)(F)c1ccc(-c2cc3c4ccccc4ccn3n2)cc1. The lowest BCUT2D eigenvalue weighted by atomic mass is 10.1. The van der Waals surface area contributed by atoms with Crippen LogP contribution < -0.4 is 0 Å². The van der Waals surface area contributed by atoms with Crippen molar-refractivity contribution in [1.29, 1.82) is 0 Å². The lowest BCUT2D eigenvalue weighted by Crippen LogP contribution is -2.04. The molecule has 4 rings (SSSR count). The van der Waals surface area contributed by atoms with Crippen molar-refractivity contribution in [3.8, 4) is 11.3 Å². The zero-order valence-electron chi connectivity index (χ0n) is 11.9. The van der Waals surface area contributed by atoms with Crippen LogP contribution in [0.25, 0.3) is 27.5 Å². The number of benzene rings is 2. The van der Waals surface area contributed by atoms with E-state index in [1.165, 1.54) is 12.1 Å². The van der Waals surface area contributed by atoms with Gasteiger partial charge in [-0.25, -0.2) is 4.52 Å². The van der Waals surface area contributed by atoms with Crippen molar-refractivity contribution in [1.82, 2.24) is 9.61 Å². The van der Waals surface area contributed by atoms with Crippen LogP contribution in [0.15, 0.2) is 66.9 Å². The van der Waals surface area contributed by atoms with E-state index in [2.05, 4.69) is 5.10 Å². The van der Waals surface area contributed by atoms with Gasteiger partial charge in [-0.2, -0.15) is 18.3 Å². The molecule has 2 nitrogen and oxygen atoms in total. The minimum atomic E-state index is -4.33. The predicted molar refractivity (Wildman–Crippen MR) is 83.1 cm³/mol. The van der Waals surface area contributed by atoms with E-state index in [9.17, 15) is 13.2 Å². The molecular weight excluding hydrogens is 301 g/mol. The first kappa shape index (κ1) is 13.8. The molecule has 0 aliphatic heterocycles. The van der Waals surface area contributed by atoms with Gasteiger partial charge in [0, 0.05) is 17.1 Å². The second kappa shape index (κ2) is 4.84. The summed E-state index contributed by atoms with van der Waals surface area (Å²) in [5.74, 6) is 0. The average molecular weight is 312 g/mol. The summed E-state index contributed by atoms with van der Waals surface area (Å²) in [4.78, 5) is 0. The number of rotatable bonds is 1. The minimum absolute atomic E-state index is 0.648. The molecule has 4 aromatic rings. The predicted octanol–water partition coefficient (Wildman–Crippen LogP) is 5.17. The third kappa shape index (κ3) is 2.34. The highest BCUT2D eigenvalue weighted by Crippen LogP contribution is 2.31. The molecule has 0 fully saturated rings. The van der Waals surface area contributed by atoms with Crippen molar-refractivity contribution in [2.75, 3.05) is 0 Å². The number of halogens is 3. The summed E-state index contributed by atoms with van der Waals surface area (Å²) in [7, 11) is 0. The number of hydrogen-bond acceptors (Lipinski definition) is 1. The number of aromatic nitrogens is 2.